The normalized spacial score (nSPS) is 17.9. The largest absolute Gasteiger partial charge is 0.465 e. The average Bonchev–Trinajstić information content (AvgIpc) is 2.96. The van der Waals surface area contributed by atoms with Crippen molar-refractivity contribution in [2.75, 3.05) is 10.6 Å². The van der Waals surface area contributed by atoms with Gasteiger partial charge in [0.15, 0.2) is 17.3 Å². The van der Waals surface area contributed by atoms with Crippen molar-refractivity contribution in [3.8, 4) is 11.5 Å². The Morgan fingerprint density at radius 2 is 1.67 bits per heavy atom. The summed E-state index contributed by atoms with van der Waals surface area (Å²) in [5, 5.41) is 19.4. The van der Waals surface area contributed by atoms with E-state index in [-0.39, 0.29) is 46.5 Å². The number of benzene rings is 2. The molecule has 3 aromatic rings. The minimum atomic E-state index is -1.10. The van der Waals surface area contributed by atoms with E-state index in [1.165, 1.54) is 54.9 Å². The standard InChI is InChI=1S/C32H35F2N5O6/c1-31(2,3)32(39-30(43)44)13-10-20(11-14-32)28(41)37-24-18-35-15-12-26(24)45-25-9-8-22(17-23(25)34)36-29(42)38-27(40)16-19-4-6-21(33)7-5-19/h4-9,12,15,17-18,20,39H,10-11,13-14,16H2,1-3H3,(H,37,41)(H,43,44)(H2,36,38,40,42). The Labute approximate surface area is 258 Å². The molecule has 0 atom stereocenters. The second kappa shape index (κ2) is 13.7. The van der Waals surface area contributed by atoms with Crippen LogP contribution < -0.4 is 26.0 Å². The quantitative estimate of drug-likeness (QED) is 0.199. The topological polar surface area (TPSA) is 159 Å². The number of ether oxygens (including phenoxy) is 1. The van der Waals surface area contributed by atoms with Crippen molar-refractivity contribution in [3.05, 3.63) is 78.1 Å². The number of urea groups is 1. The van der Waals surface area contributed by atoms with Gasteiger partial charge in [0.05, 0.1) is 12.6 Å². The van der Waals surface area contributed by atoms with Crippen LogP contribution in [0.15, 0.2) is 60.9 Å². The van der Waals surface area contributed by atoms with Crippen LogP contribution in [0.4, 0.5) is 29.7 Å². The second-order valence-electron chi connectivity index (χ2n) is 12.0. The van der Waals surface area contributed by atoms with Crippen molar-refractivity contribution in [1.82, 2.24) is 15.6 Å². The lowest BCUT2D eigenvalue weighted by Crippen LogP contribution is -2.59. The van der Waals surface area contributed by atoms with E-state index in [0.717, 1.165) is 6.07 Å². The highest BCUT2D eigenvalue weighted by Crippen LogP contribution is 2.44. The van der Waals surface area contributed by atoms with Crippen molar-refractivity contribution >= 4 is 35.3 Å². The van der Waals surface area contributed by atoms with Gasteiger partial charge in [-0.15, -0.1) is 0 Å². The fourth-order valence-electron chi connectivity index (χ4n) is 5.34. The number of halogens is 2. The molecule has 1 heterocycles. The van der Waals surface area contributed by atoms with Crippen LogP contribution in [0.25, 0.3) is 0 Å². The number of amides is 5. The zero-order valence-electron chi connectivity index (χ0n) is 25.1. The molecule has 1 saturated carbocycles. The lowest BCUT2D eigenvalue weighted by Gasteiger charge is -2.48. The monoisotopic (exact) mass is 623 g/mol. The number of imide groups is 1. The Bertz CT molecular complexity index is 1570. The van der Waals surface area contributed by atoms with Crippen LogP contribution in [-0.4, -0.2) is 39.6 Å². The molecule has 2 aromatic carbocycles. The molecule has 1 aliphatic carbocycles. The Morgan fingerprint density at radius 3 is 2.29 bits per heavy atom. The highest BCUT2D eigenvalue weighted by atomic mass is 19.1. The Morgan fingerprint density at radius 1 is 0.978 bits per heavy atom. The van der Waals surface area contributed by atoms with Crippen molar-refractivity contribution in [3.63, 3.8) is 0 Å². The van der Waals surface area contributed by atoms with Gasteiger partial charge < -0.3 is 25.8 Å². The van der Waals surface area contributed by atoms with E-state index in [1.807, 2.05) is 20.8 Å². The van der Waals surface area contributed by atoms with Gasteiger partial charge in [-0.25, -0.2) is 18.4 Å². The van der Waals surface area contributed by atoms with Gasteiger partial charge in [-0.05, 0) is 60.9 Å². The second-order valence-corrected chi connectivity index (χ2v) is 12.0. The number of carbonyl (C=O) groups is 4. The number of nitrogens with zero attached hydrogens (tertiary/aromatic N) is 1. The fourth-order valence-corrected chi connectivity index (χ4v) is 5.34. The van der Waals surface area contributed by atoms with Crippen molar-refractivity contribution in [2.45, 2.75) is 58.4 Å². The summed E-state index contributed by atoms with van der Waals surface area (Å²) in [6, 6.07) is 9.50. The number of pyridine rings is 1. The molecule has 0 unspecified atom stereocenters. The van der Waals surface area contributed by atoms with Crippen molar-refractivity contribution in [1.29, 1.82) is 0 Å². The van der Waals surface area contributed by atoms with Gasteiger partial charge in [0.2, 0.25) is 11.8 Å². The Hall–Kier alpha value is -5.07. The van der Waals surface area contributed by atoms with Gasteiger partial charge in [-0.1, -0.05) is 32.9 Å². The molecule has 1 fully saturated rings. The summed E-state index contributed by atoms with van der Waals surface area (Å²) >= 11 is 0. The summed E-state index contributed by atoms with van der Waals surface area (Å²) in [4.78, 5) is 53.0. The molecule has 11 nitrogen and oxygen atoms in total. The summed E-state index contributed by atoms with van der Waals surface area (Å²) in [6.45, 7) is 5.91. The molecule has 45 heavy (non-hydrogen) atoms. The first-order valence-corrected chi connectivity index (χ1v) is 14.3. The van der Waals surface area contributed by atoms with E-state index in [2.05, 4.69) is 26.3 Å². The fraction of sp³-hybridized carbons (Fsp3) is 0.344. The maximum absolute atomic E-state index is 15.0. The number of nitrogens with one attached hydrogen (secondary N) is 4. The summed E-state index contributed by atoms with van der Waals surface area (Å²) in [5.74, 6) is -2.62. The van der Waals surface area contributed by atoms with E-state index in [0.29, 0.717) is 31.2 Å². The van der Waals surface area contributed by atoms with Crippen LogP contribution in [0.3, 0.4) is 0 Å². The smallest absolute Gasteiger partial charge is 0.405 e. The molecule has 5 amide bonds. The molecule has 0 bridgehead atoms. The van der Waals surface area contributed by atoms with Crippen LogP contribution >= 0.6 is 0 Å². The molecule has 1 aromatic heterocycles. The zero-order valence-corrected chi connectivity index (χ0v) is 25.1. The third-order valence-corrected chi connectivity index (χ3v) is 7.97. The highest BCUT2D eigenvalue weighted by molar-refractivity contribution is 6.01. The average molecular weight is 624 g/mol. The van der Waals surface area contributed by atoms with Gasteiger partial charge in [-0.2, -0.15) is 0 Å². The van der Waals surface area contributed by atoms with Gasteiger partial charge >= 0.3 is 12.1 Å². The summed E-state index contributed by atoms with van der Waals surface area (Å²) in [6.07, 6.45) is 3.46. The first kappa shape index (κ1) is 32.8. The first-order chi connectivity index (χ1) is 21.2. The van der Waals surface area contributed by atoms with Crippen LogP contribution in [0.1, 0.15) is 52.0 Å². The van der Waals surface area contributed by atoms with E-state index in [9.17, 15) is 33.1 Å². The lowest BCUT2D eigenvalue weighted by atomic mass is 9.63. The van der Waals surface area contributed by atoms with Gasteiger partial charge in [0.25, 0.3) is 0 Å². The van der Waals surface area contributed by atoms with Crippen LogP contribution in [0.5, 0.6) is 11.5 Å². The number of anilines is 2. The molecule has 13 heteroatoms. The third kappa shape index (κ3) is 8.52. The summed E-state index contributed by atoms with van der Waals surface area (Å²) in [7, 11) is 0. The Kier molecular flexibility index (Phi) is 10.00. The SMILES string of the molecule is CC(C)(C)C1(NC(=O)O)CCC(C(=O)Nc2cnccc2Oc2ccc(NC(=O)NC(=O)Cc3ccc(F)cc3)cc2F)CC1. The summed E-state index contributed by atoms with van der Waals surface area (Å²) < 4.78 is 33.7. The molecule has 238 valence electrons. The summed E-state index contributed by atoms with van der Waals surface area (Å²) in [5.41, 5.74) is -0.221. The van der Waals surface area contributed by atoms with E-state index >= 15 is 0 Å². The Balaban J connectivity index is 1.35. The number of hydrogen-bond donors (Lipinski definition) is 5. The number of hydrogen-bond acceptors (Lipinski definition) is 6. The first-order valence-electron chi connectivity index (χ1n) is 14.3. The third-order valence-electron chi connectivity index (χ3n) is 7.97. The molecule has 0 aliphatic heterocycles. The van der Waals surface area contributed by atoms with Crippen molar-refractivity contribution < 1.29 is 37.8 Å². The molecule has 4 rings (SSSR count). The predicted octanol–water partition coefficient (Wildman–Crippen LogP) is 6.22. The number of rotatable bonds is 8. The lowest BCUT2D eigenvalue weighted by molar-refractivity contribution is -0.122. The van der Waals surface area contributed by atoms with Gasteiger partial charge in [-0.3, -0.25) is 19.9 Å². The molecule has 5 N–H and O–H groups in total. The van der Waals surface area contributed by atoms with Gasteiger partial charge in [0.1, 0.15) is 11.5 Å². The molecule has 1 aliphatic rings. The predicted molar refractivity (Wildman–Crippen MR) is 162 cm³/mol. The van der Waals surface area contributed by atoms with Crippen molar-refractivity contribution in [2.24, 2.45) is 11.3 Å². The number of aromatic nitrogens is 1. The molecule has 0 spiro atoms. The molecule has 0 saturated heterocycles. The number of carbonyl (C=O) groups excluding carboxylic acids is 3. The van der Waals surface area contributed by atoms with E-state index in [4.69, 9.17) is 4.74 Å². The van der Waals surface area contributed by atoms with E-state index < -0.39 is 35.2 Å². The molecule has 0 radical (unpaired) electrons. The maximum atomic E-state index is 15.0. The van der Waals surface area contributed by atoms with Crippen LogP contribution in [0, 0.1) is 23.0 Å². The molecular weight excluding hydrogens is 588 g/mol. The van der Waals surface area contributed by atoms with Crippen LogP contribution in [-0.2, 0) is 16.0 Å². The highest BCUT2D eigenvalue weighted by Gasteiger charge is 2.46. The minimum Gasteiger partial charge on any atom is -0.465 e. The molecular formula is C32H35F2N5O6. The van der Waals surface area contributed by atoms with Gasteiger partial charge in [0, 0.05) is 35.5 Å². The van der Waals surface area contributed by atoms with Crippen LogP contribution in [0.2, 0.25) is 0 Å². The number of carboxylic acid groups (broad SMARTS) is 1. The maximum Gasteiger partial charge on any atom is 0.405 e. The minimum absolute atomic E-state index is 0.0520. The zero-order chi connectivity index (χ0) is 32.8. The van der Waals surface area contributed by atoms with E-state index in [1.54, 1.807) is 0 Å².